The molecule has 1 unspecified atom stereocenters. The number of nitrogens with one attached hydrogen (secondary N) is 1. The zero-order valence-electron chi connectivity index (χ0n) is 11.0. The Bertz CT molecular complexity index is 430. The second-order valence-electron chi connectivity index (χ2n) is 3.83. The van der Waals surface area contributed by atoms with Crippen LogP contribution in [0.15, 0.2) is 18.3 Å². The Labute approximate surface area is 111 Å². The molecule has 1 atom stereocenters. The van der Waals surface area contributed by atoms with Gasteiger partial charge in [0.25, 0.3) is 5.91 Å². The van der Waals surface area contributed by atoms with E-state index in [1.165, 1.54) is 7.11 Å². The fourth-order valence-electron chi connectivity index (χ4n) is 1.50. The van der Waals surface area contributed by atoms with E-state index in [0.29, 0.717) is 18.8 Å². The molecule has 19 heavy (non-hydrogen) atoms. The Morgan fingerprint density at radius 1 is 1.47 bits per heavy atom. The molecule has 106 valence electrons. The van der Waals surface area contributed by atoms with Crippen molar-refractivity contribution in [2.24, 2.45) is 0 Å². The van der Waals surface area contributed by atoms with Crippen molar-refractivity contribution in [1.29, 1.82) is 0 Å². The lowest BCUT2D eigenvalue weighted by Gasteiger charge is -2.11. The van der Waals surface area contributed by atoms with Gasteiger partial charge in [-0.2, -0.15) is 0 Å². The number of rotatable bonds is 7. The van der Waals surface area contributed by atoms with Gasteiger partial charge < -0.3 is 24.5 Å². The van der Waals surface area contributed by atoms with E-state index in [1.54, 1.807) is 30.0 Å². The van der Waals surface area contributed by atoms with Crippen LogP contribution in [0.25, 0.3) is 0 Å². The van der Waals surface area contributed by atoms with Gasteiger partial charge in [-0.3, -0.25) is 4.79 Å². The van der Waals surface area contributed by atoms with Crippen molar-refractivity contribution < 1.29 is 24.2 Å². The summed E-state index contributed by atoms with van der Waals surface area (Å²) in [6.45, 7) is 0.840. The van der Waals surface area contributed by atoms with Gasteiger partial charge in [0.05, 0.1) is 20.3 Å². The van der Waals surface area contributed by atoms with Gasteiger partial charge in [0.2, 0.25) is 0 Å². The minimum absolute atomic E-state index is 0.193. The molecule has 0 aliphatic heterocycles. The molecule has 1 aromatic heterocycles. The van der Waals surface area contributed by atoms with E-state index in [9.17, 15) is 14.7 Å². The molecule has 0 spiro atoms. The molecule has 2 N–H and O–H groups in total. The fraction of sp³-hybridized carbons (Fsp3) is 0.500. The summed E-state index contributed by atoms with van der Waals surface area (Å²) < 4.78 is 11.0. The number of aliphatic hydroxyl groups is 1. The lowest BCUT2D eigenvalue weighted by atomic mass is 10.3. The first-order valence-corrected chi connectivity index (χ1v) is 5.78. The number of nitrogens with zero attached hydrogens (tertiary/aromatic N) is 1. The summed E-state index contributed by atoms with van der Waals surface area (Å²) in [5, 5.41) is 11.8. The number of amides is 1. The van der Waals surface area contributed by atoms with Gasteiger partial charge in [-0.1, -0.05) is 0 Å². The van der Waals surface area contributed by atoms with Crippen molar-refractivity contribution in [3.05, 3.63) is 24.0 Å². The average Bonchev–Trinajstić information content (AvgIpc) is 2.89. The molecule has 0 radical (unpaired) electrons. The molecule has 0 aromatic carbocycles. The second kappa shape index (κ2) is 7.55. The van der Waals surface area contributed by atoms with Gasteiger partial charge in [-0.15, -0.1) is 0 Å². The molecule has 1 heterocycles. The molecule has 1 amide bonds. The molecule has 0 aliphatic rings. The Morgan fingerprint density at radius 3 is 2.84 bits per heavy atom. The molecule has 0 aliphatic carbocycles. The van der Waals surface area contributed by atoms with Crippen LogP contribution in [0.5, 0.6) is 0 Å². The minimum Gasteiger partial charge on any atom is -0.467 e. The van der Waals surface area contributed by atoms with Crippen molar-refractivity contribution in [3.8, 4) is 0 Å². The van der Waals surface area contributed by atoms with Crippen molar-refractivity contribution in [2.45, 2.75) is 12.6 Å². The molecule has 1 rings (SSSR count). The van der Waals surface area contributed by atoms with E-state index >= 15 is 0 Å². The highest BCUT2D eigenvalue weighted by molar-refractivity contribution is 5.93. The molecule has 7 nitrogen and oxygen atoms in total. The van der Waals surface area contributed by atoms with Crippen LogP contribution in [0, 0.1) is 0 Å². The summed E-state index contributed by atoms with van der Waals surface area (Å²) in [5.74, 6) is -1.15. The first-order chi connectivity index (χ1) is 9.10. The second-order valence-corrected chi connectivity index (χ2v) is 3.83. The SMILES string of the molecule is COCCn1cccc1C(=O)NCC(O)C(=O)OC. The van der Waals surface area contributed by atoms with E-state index < -0.39 is 12.1 Å². The number of carbonyl (C=O) groups excluding carboxylic acids is 2. The van der Waals surface area contributed by atoms with Gasteiger partial charge in [-0.05, 0) is 12.1 Å². The molecule has 7 heteroatoms. The lowest BCUT2D eigenvalue weighted by Crippen LogP contribution is -2.38. The number of carbonyl (C=O) groups is 2. The van der Waals surface area contributed by atoms with Crippen LogP contribution >= 0.6 is 0 Å². The van der Waals surface area contributed by atoms with Gasteiger partial charge >= 0.3 is 5.97 Å². The maximum atomic E-state index is 11.9. The largest absolute Gasteiger partial charge is 0.467 e. The summed E-state index contributed by atoms with van der Waals surface area (Å²) >= 11 is 0. The third kappa shape index (κ3) is 4.38. The number of hydrogen-bond acceptors (Lipinski definition) is 5. The van der Waals surface area contributed by atoms with E-state index in [2.05, 4.69) is 10.1 Å². The molecular weight excluding hydrogens is 252 g/mol. The first kappa shape index (κ1) is 15.2. The van der Waals surface area contributed by atoms with Crippen LogP contribution < -0.4 is 5.32 Å². The van der Waals surface area contributed by atoms with Crippen LogP contribution in [-0.2, 0) is 20.8 Å². The molecule has 0 fully saturated rings. The molecule has 0 bridgehead atoms. The number of methoxy groups -OCH3 is 2. The number of aliphatic hydroxyl groups excluding tert-OH is 1. The molecule has 0 saturated heterocycles. The zero-order valence-corrected chi connectivity index (χ0v) is 11.0. The normalized spacial score (nSPS) is 11.9. The highest BCUT2D eigenvalue weighted by atomic mass is 16.5. The standard InChI is InChI=1S/C12H18N2O5/c1-18-7-6-14-5-3-4-9(14)11(16)13-8-10(15)12(17)19-2/h3-5,10,15H,6-8H2,1-2H3,(H,13,16). The Kier molecular flexibility index (Phi) is 6.04. The minimum atomic E-state index is -1.36. The average molecular weight is 270 g/mol. The molecule has 1 aromatic rings. The fourth-order valence-corrected chi connectivity index (χ4v) is 1.50. The van der Waals surface area contributed by atoms with Gasteiger partial charge in [0.1, 0.15) is 5.69 Å². The number of hydrogen-bond donors (Lipinski definition) is 2. The lowest BCUT2D eigenvalue weighted by molar-refractivity contribution is -0.149. The quantitative estimate of drug-likeness (QED) is 0.646. The number of esters is 1. The predicted octanol–water partition coefficient (Wildman–Crippen LogP) is -0.602. The summed E-state index contributed by atoms with van der Waals surface area (Å²) in [4.78, 5) is 22.8. The van der Waals surface area contributed by atoms with Crippen molar-refractivity contribution in [1.82, 2.24) is 9.88 Å². The summed E-state index contributed by atoms with van der Waals surface area (Å²) in [7, 11) is 2.75. The van der Waals surface area contributed by atoms with Crippen LogP contribution in [0.1, 0.15) is 10.5 Å². The van der Waals surface area contributed by atoms with Crippen molar-refractivity contribution in [3.63, 3.8) is 0 Å². The summed E-state index contributed by atoms with van der Waals surface area (Å²) in [5.41, 5.74) is 0.439. The third-order valence-corrected chi connectivity index (χ3v) is 2.53. The van der Waals surface area contributed by atoms with Crippen molar-refractivity contribution in [2.75, 3.05) is 27.4 Å². The maximum Gasteiger partial charge on any atom is 0.336 e. The number of ether oxygens (including phenoxy) is 2. The van der Waals surface area contributed by atoms with Gasteiger partial charge in [0.15, 0.2) is 6.10 Å². The zero-order chi connectivity index (χ0) is 14.3. The monoisotopic (exact) mass is 270 g/mol. The van der Waals surface area contributed by atoms with E-state index in [1.807, 2.05) is 0 Å². The Balaban J connectivity index is 2.54. The summed E-state index contributed by atoms with van der Waals surface area (Å²) in [6, 6.07) is 3.39. The highest BCUT2D eigenvalue weighted by Gasteiger charge is 2.17. The molecular formula is C12H18N2O5. The topological polar surface area (TPSA) is 89.8 Å². The highest BCUT2D eigenvalue weighted by Crippen LogP contribution is 2.02. The van der Waals surface area contributed by atoms with Crippen LogP contribution in [-0.4, -0.2) is 55.0 Å². The smallest absolute Gasteiger partial charge is 0.336 e. The number of aromatic nitrogens is 1. The van der Waals surface area contributed by atoms with Crippen molar-refractivity contribution >= 4 is 11.9 Å². The first-order valence-electron chi connectivity index (χ1n) is 5.78. The Hall–Kier alpha value is -1.86. The predicted molar refractivity (Wildman–Crippen MR) is 66.7 cm³/mol. The maximum absolute atomic E-state index is 11.9. The van der Waals surface area contributed by atoms with E-state index in [-0.39, 0.29) is 12.5 Å². The van der Waals surface area contributed by atoms with Gasteiger partial charge in [0, 0.05) is 19.9 Å². The van der Waals surface area contributed by atoms with Gasteiger partial charge in [-0.25, -0.2) is 4.79 Å². The third-order valence-electron chi connectivity index (χ3n) is 2.53. The summed E-state index contributed by atoms with van der Waals surface area (Å²) in [6.07, 6.45) is 0.390. The van der Waals surface area contributed by atoms with Crippen LogP contribution in [0.3, 0.4) is 0 Å². The van der Waals surface area contributed by atoms with Crippen LogP contribution in [0.4, 0.5) is 0 Å². The molecule has 0 saturated carbocycles. The van der Waals surface area contributed by atoms with E-state index in [0.717, 1.165) is 0 Å². The van der Waals surface area contributed by atoms with E-state index in [4.69, 9.17) is 4.74 Å². The Morgan fingerprint density at radius 2 is 2.21 bits per heavy atom. The van der Waals surface area contributed by atoms with Crippen LogP contribution in [0.2, 0.25) is 0 Å².